The third-order valence-electron chi connectivity index (χ3n) is 3.00. The average Bonchev–Trinajstić information content (AvgIpc) is 2.43. The molecule has 0 atom stereocenters. The highest BCUT2D eigenvalue weighted by Gasteiger charge is 2.14. The smallest absolute Gasteiger partial charge is 0.238 e. The predicted molar refractivity (Wildman–Crippen MR) is 83.6 cm³/mol. The standard InChI is InChI=1S/C14H20Cl2N2O2/c1-3-18(7-4-8-19)9-12(20)17-14-11(15)6-5-10(2)13(14)16/h5-6,19H,3-4,7-9H2,1-2H3,(H,17,20). The Hall–Kier alpha value is -0.810. The first-order valence-electron chi connectivity index (χ1n) is 6.57. The van der Waals surface area contributed by atoms with Crippen molar-refractivity contribution in [2.45, 2.75) is 20.3 Å². The normalized spacial score (nSPS) is 10.9. The molecular weight excluding hydrogens is 299 g/mol. The van der Waals surface area contributed by atoms with Crippen LogP contribution in [0.4, 0.5) is 5.69 Å². The van der Waals surface area contributed by atoms with Crippen molar-refractivity contribution in [3.63, 3.8) is 0 Å². The van der Waals surface area contributed by atoms with Gasteiger partial charge in [0.05, 0.1) is 22.3 Å². The summed E-state index contributed by atoms with van der Waals surface area (Å²) in [6.45, 7) is 5.61. The van der Waals surface area contributed by atoms with E-state index in [0.29, 0.717) is 28.7 Å². The molecule has 0 aromatic heterocycles. The summed E-state index contributed by atoms with van der Waals surface area (Å²) < 4.78 is 0. The number of halogens is 2. The van der Waals surface area contributed by atoms with Gasteiger partial charge in [0.1, 0.15) is 0 Å². The summed E-state index contributed by atoms with van der Waals surface area (Å²) in [5.74, 6) is -0.167. The Bertz CT molecular complexity index is 467. The van der Waals surface area contributed by atoms with Gasteiger partial charge in [-0.25, -0.2) is 0 Å². The fourth-order valence-corrected chi connectivity index (χ4v) is 2.26. The number of nitrogens with one attached hydrogen (secondary N) is 1. The van der Waals surface area contributed by atoms with Crippen LogP contribution < -0.4 is 5.32 Å². The van der Waals surface area contributed by atoms with Crippen LogP contribution in [0.3, 0.4) is 0 Å². The largest absolute Gasteiger partial charge is 0.396 e. The summed E-state index contributed by atoms with van der Waals surface area (Å²) in [7, 11) is 0. The van der Waals surface area contributed by atoms with Crippen molar-refractivity contribution in [2.75, 3.05) is 31.6 Å². The second-order valence-electron chi connectivity index (χ2n) is 4.55. The van der Waals surface area contributed by atoms with E-state index in [1.165, 1.54) is 0 Å². The van der Waals surface area contributed by atoms with E-state index < -0.39 is 0 Å². The van der Waals surface area contributed by atoms with Crippen molar-refractivity contribution < 1.29 is 9.90 Å². The van der Waals surface area contributed by atoms with Crippen molar-refractivity contribution in [3.8, 4) is 0 Å². The molecule has 4 nitrogen and oxygen atoms in total. The lowest BCUT2D eigenvalue weighted by molar-refractivity contribution is -0.117. The number of aryl methyl sites for hydroxylation is 1. The van der Waals surface area contributed by atoms with E-state index in [1.54, 1.807) is 12.1 Å². The van der Waals surface area contributed by atoms with Crippen LogP contribution >= 0.6 is 23.2 Å². The SMILES string of the molecule is CCN(CCCO)CC(=O)Nc1c(Cl)ccc(C)c1Cl. The first kappa shape index (κ1) is 17.2. The lowest BCUT2D eigenvalue weighted by Crippen LogP contribution is -2.34. The second kappa shape index (κ2) is 8.47. The minimum atomic E-state index is -0.167. The number of hydrogen-bond acceptors (Lipinski definition) is 3. The molecule has 112 valence electrons. The summed E-state index contributed by atoms with van der Waals surface area (Å²) in [6.07, 6.45) is 0.646. The molecule has 2 N–H and O–H groups in total. The summed E-state index contributed by atoms with van der Waals surface area (Å²) in [4.78, 5) is 14.0. The highest BCUT2D eigenvalue weighted by atomic mass is 35.5. The minimum absolute atomic E-state index is 0.119. The molecule has 0 heterocycles. The monoisotopic (exact) mass is 318 g/mol. The molecule has 1 aromatic carbocycles. The number of hydrogen-bond donors (Lipinski definition) is 2. The van der Waals surface area contributed by atoms with E-state index in [2.05, 4.69) is 5.32 Å². The van der Waals surface area contributed by atoms with Gasteiger partial charge in [0, 0.05) is 13.2 Å². The predicted octanol–water partition coefficient (Wildman–Crippen LogP) is 2.94. The molecule has 0 saturated carbocycles. The quantitative estimate of drug-likeness (QED) is 0.812. The number of anilines is 1. The summed E-state index contributed by atoms with van der Waals surface area (Å²) in [6, 6.07) is 3.52. The van der Waals surface area contributed by atoms with Crippen molar-refractivity contribution in [2.24, 2.45) is 0 Å². The van der Waals surface area contributed by atoms with Gasteiger partial charge in [-0.1, -0.05) is 36.2 Å². The molecule has 6 heteroatoms. The van der Waals surface area contributed by atoms with Gasteiger partial charge in [-0.3, -0.25) is 9.69 Å². The van der Waals surface area contributed by atoms with E-state index in [9.17, 15) is 4.79 Å². The van der Waals surface area contributed by atoms with Crippen molar-refractivity contribution in [3.05, 3.63) is 27.7 Å². The summed E-state index contributed by atoms with van der Waals surface area (Å²) in [5, 5.41) is 12.5. The molecule has 0 saturated heterocycles. The molecule has 0 spiro atoms. The van der Waals surface area contributed by atoms with Crippen molar-refractivity contribution in [1.29, 1.82) is 0 Å². The fraction of sp³-hybridized carbons (Fsp3) is 0.500. The van der Waals surface area contributed by atoms with Crippen LogP contribution in [0, 0.1) is 6.92 Å². The van der Waals surface area contributed by atoms with Crippen LogP contribution in [0.5, 0.6) is 0 Å². The number of amides is 1. The Balaban J connectivity index is 2.69. The van der Waals surface area contributed by atoms with Crippen LogP contribution in [0.1, 0.15) is 18.9 Å². The van der Waals surface area contributed by atoms with Gasteiger partial charge >= 0.3 is 0 Å². The molecule has 1 aromatic rings. The number of carbonyl (C=O) groups is 1. The van der Waals surface area contributed by atoms with Gasteiger partial charge in [0.2, 0.25) is 5.91 Å². The number of nitrogens with zero attached hydrogens (tertiary/aromatic N) is 1. The van der Waals surface area contributed by atoms with E-state index in [0.717, 1.165) is 12.1 Å². The van der Waals surface area contributed by atoms with Crippen LogP contribution in [0.2, 0.25) is 10.0 Å². The molecule has 0 fully saturated rings. The second-order valence-corrected chi connectivity index (χ2v) is 5.33. The highest BCUT2D eigenvalue weighted by molar-refractivity contribution is 6.40. The third-order valence-corrected chi connectivity index (χ3v) is 3.80. The first-order valence-corrected chi connectivity index (χ1v) is 7.32. The molecule has 1 rings (SSSR count). The molecule has 0 aliphatic rings. The van der Waals surface area contributed by atoms with Gasteiger partial charge in [-0.2, -0.15) is 0 Å². The Morgan fingerprint density at radius 1 is 1.40 bits per heavy atom. The van der Waals surface area contributed by atoms with Gasteiger partial charge in [-0.15, -0.1) is 0 Å². The molecular formula is C14H20Cl2N2O2. The number of carbonyl (C=O) groups excluding carboxylic acids is 1. The van der Waals surface area contributed by atoms with Gasteiger partial charge in [0.15, 0.2) is 0 Å². The lowest BCUT2D eigenvalue weighted by atomic mass is 10.2. The lowest BCUT2D eigenvalue weighted by Gasteiger charge is -2.20. The van der Waals surface area contributed by atoms with E-state index in [-0.39, 0.29) is 19.1 Å². The third kappa shape index (κ3) is 4.94. The maximum absolute atomic E-state index is 12.0. The zero-order valence-electron chi connectivity index (χ0n) is 11.7. The zero-order chi connectivity index (χ0) is 15.1. The van der Waals surface area contributed by atoms with E-state index >= 15 is 0 Å². The number of aliphatic hydroxyl groups excluding tert-OH is 1. The van der Waals surface area contributed by atoms with Crippen LogP contribution in [-0.2, 0) is 4.79 Å². The van der Waals surface area contributed by atoms with Crippen LogP contribution in [0.15, 0.2) is 12.1 Å². The molecule has 0 unspecified atom stereocenters. The number of aliphatic hydroxyl groups is 1. The molecule has 1 amide bonds. The van der Waals surface area contributed by atoms with Crippen LogP contribution in [0.25, 0.3) is 0 Å². The zero-order valence-corrected chi connectivity index (χ0v) is 13.3. The maximum Gasteiger partial charge on any atom is 0.238 e. The summed E-state index contributed by atoms with van der Waals surface area (Å²) >= 11 is 12.2. The molecule has 20 heavy (non-hydrogen) atoms. The Morgan fingerprint density at radius 3 is 2.70 bits per heavy atom. The van der Waals surface area contributed by atoms with Gasteiger partial charge in [0.25, 0.3) is 0 Å². The molecule has 0 aliphatic carbocycles. The first-order chi connectivity index (χ1) is 9.49. The average molecular weight is 319 g/mol. The Kier molecular flexibility index (Phi) is 7.30. The fourth-order valence-electron chi connectivity index (χ4n) is 1.80. The Morgan fingerprint density at radius 2 is 2.10 bits per heavy atom. The minimum Gasteiger partial charge on any atom is -0.396 e. The molecule has 0 radical (unpaired) electrons. The topological polar surface area (TPSA) is 52.6 Å². The van der Waals surface area contributed by atoms with Crippen molar-refractivity contribution >= 4 is 34.8 Å². The van der Waals surface area contributed by atoms with Crippen LogP contribution in [-0.4, -0.2) is 42.2 Å². The van der Waals surface area contributed by atoms with E-state index in [1.807, 2.05) is 18.7 Å². The van der Waals surface area contributed by atoms with Crippen molar-refractivity contribution in [1.82, 2.24) is 4.90 Å². The molecule has 0 bridgehead atoms. The van der Waals surface area contributed by atoms with E-state index in [4.69, 9.17) is 28.3 Å². The Labute approximate surface area is 129 Å². The van der Waals surface area contributed by atoms with Gasteiger partial charge in [-0.05, 0) is 31.5 Å². The number of rotatable bonds is 7. The molecule has 0 aliphatic heterocycles. The maximum atomic E-state index is 12.0. The highest BCUT2D eigenvalue weighted by Crippen LogP contribution is 2.32. The number of benzene rings is 1. The van der Waals surface area contributed by atoms with Gasteiger partial charge < -0.3 is 10.4 Å². The summed E-state index contributed by atoms with van der Waals surface area (Å²) in [5.41, 5.74) is 1.32. The number of likely N-dealkylation sites (N-methyl/N-ethyl adjacent to an activating group) is 1.